The van der Waals surface area contributed by atoms with E-state index in [1.807, 2.05) is 13.1 Å². The fraction of sp³-hybridized carbons (Fsp3) is 0.222. The number of H-pyrrole nitrogens is 1. The van der Waals surface area contributed by atoms with Gasteiger partial charge in [0.05, 0.1) is 0 Å². The van der Waals surface area contributed by atoms with Crippen LogP contribution in [0.1, 0.15) is 11.3 Å². The van der Waals surface area contributed by atoms with Crippen LogP contribution < -0.4 is 5.32 Å². The van der Waals surface area contributed by atoms with E-state index in [0.717, 1.165) is 18.2 Å². The molecular formula is C9H11N3S. The van der Waals surface area contributed by atoms with Crippen molar-refractivity contribution < 1.29 is 0 Å². The number of aromatic amines is 1. The lowest BCUT2D eigenvalue weighted by molar-refractivity contribution is 1.09. The van der Waals surface area contributed by atoms with Gasteiger partial charge in [0.25, 0.3) is 0 Å². The minimum Gasteiger partial charge on any atom is -0.352 e. The molecule has 0 atom stereocenters. The van der Waals surface area contributed by atoms with Gasteiger partial charge in [0, 0.05) is 18.4 Å². The topological polar surface area (TPSA) is 40.7 Å². The summed E-state index contributed by atoms with van der Waals surface area (Å²) in [6.07, 6.45) is 1.82. The van der Waals surface area contributed by atoms with Crippen molar-refractivity contribution >= 4 is 17.3 Å². The first-order valence-corrected chi connectivity index (χ1v) is 5.05. The summed E-state index contributed by atoms with van der Waals surface area (Å²) in [6, 6.07) is 2.10. The summed E-state index contributed by atoms with van der Waals surface area (Å²) in [5.41, 5.74) is 2.37. The summed E-state index contributed by atoms with van der Waals surface area (Å²) in [5.74, 6) is 0.837. The molecule has 2 rings (SSSR count). The van der Waals surface area contributed by atoms with E-state index >= 15 is 0 Å². The highest BCUT2D eigenvalue weighted by molar-refractivity contribution is 7.07. The molecule has 2 heterocycles. The Morgan fingerprint density at radius 1 is 1.62 bits per heavy atom. The summed E-state index contributed by atoms with van der Waals surface area (Å²) in [6.45, 7) is 2.82. The van der Waals surface area contributed by atoms with Gasteiger partial charge in [-0.1, -0.05) is 0 Å². The van der Waals surface area contributed by atoms with E-state index in [1.54, 1.807) is 11.3 Å². The summed E-state index contributed by atoms with van der Waals surface area (Å²) in [5, 5.41) is 7.41. The van der Waals surface area contributed by atoms with Crippen LogP contribution in [0.5, 0.6) is 0 Å². The highest BCUT2D eigenvalue weighted by Crippen LogP contribution is 2.08. The molecule has 0 bridgehead atoms. The molecule has 2 aromatic rings. The van der Waals surface area contributed by atoms with E-state index in [1.165, 1.54) is 5.56 Å². The molecule has 68 valence electrons. The van der Waals surface area contributed by atoms with Crippen molar-refractivity contribution in [3.8, 4) is 0 Å². The first-order chi connectivity index (χ1) is 6.34. The number of anilines is 1. The average Bonchev–Trinajstić information content (AvgIpc) is 2.71. The number of rotatable bonds is 3. The third-order valence-electron chi connectivity index (χ3n) is 1.74. The van der Waals surface area contributed by atoms with Crippen LogP contribution in [0.3, 0.4) is 0 Å². The molecule has 4 heteroatoms. The molecule has 0 spiro atoms. The number of aryl methyl sites for hydroxylation is 1. The van der Waals surface area contributed by atoms with E-state index in [0.29, 0.717) is 0 Å². The van der Waals surface area contributed by atoms with E-state index in [-0.39, 0.29) is 0 Å². The van der Waals surface area contributed by atoms with Crippen molar-refractivity contribution in [2.24, 2.45) is 0 Å². The van der Waals surface area contributed by atoms with Crippen molar-refractivity contribution in [1.29, 1.82) is 0 Å². The van der Waals surface area contributed by atoms with Crippen LogP contribution in [0.4, 0.5) is 5.95 Å². The summed E-state index contributed by atoms with van der Waals surface area (Å²) < 4.78 is 0. The molecule has 0 aliphatic carbocycles. The van der Waals surface area contributed by atoms with Gasteiger partial charge in [0.1, 0.15) is 0 Å². The Balaban J connectivity index is 1.93. The molecule has 0 unspecified atom stereocenters. The SMILES string of the molecule is Cc1cnc(NCc2ccsc2)[nH]1. The smallest absolute Gasteiger partial charge is 0.200 e. The fourth-order valence-electron chi connectivity index (χ4n) is 1.08. The monoisotopic (exact) mass is 193 g/mol. The lowest BCUT2D eigenvalue weighted by Gasteiger charge is -1.99. The number of nitrogens with zero attached hydrogens (tertiary/aromatic N) is 1. The van der Waals surface area contributed by atoms with Gasteiger partial charge in [-0.15, -0.1) is 0 Å². The highest BCUT2D eigenvalue weighted by atomic mass is 32.1. The maximum atomic E-state index is 4.15. The third-order valence-corrected chi connectivity index (χ3v) is 2.47. The van der Waals surface area contributed by atoms with Crippen molar-refractivity contribution in [3.05, 3.63) is 34.3 Å². The Bertz CT molecular complexity index is 364. The van der Waals surface area contributed by atoms with Gasteiger partial charge in [-0.2, -0.15) is 11.3 Å². The predicted molar refractivity (Wildman–Crippen MR) is 55.0 cm³/mol. The third kappa shape index (κ3) is 2.09. The molecule has 0 aromatic carbocycles. The van der Waals surface area contributed by atoms with Crippen LogP contribution in [0.2, 0.25) is 0 Å². The molecule has 0 saturated heterocycles. The van der Waals surface area contributed by atoms with Crippen LogP contribution in [0.25, 0.3) is 0 Å². The largest absolute Gasteiger partial charge is 0.352 e. The lowest BCUT2D eigenvalue weighted by Crippen LogP contribution is -1.99. The van der Waals surface area contributed by atoms with E-state index in [4.69, 9.17) is 0 Å². The number of nitrogens with one attached hydrogen (secondary N) is 2. The molecule has 0 amide bonds. The van der Waals surface area contributed by atoms with Crippen LogP contribution in [-0.4, -0.2) is 9.97 Å². The highest BCUT2D eigenvalue weighted by Gasteiger charge is 1.96. The molecule has 0 aliphatic rings. The van der Waals surface area contributed by atoms with Crippen LogP contribution in [-0.2, 0) is 6.54 Å². The quantitative estimate of drug-likeness (QED) is 0.785. The molecule has 3 nitrogen and oxygen atoms in total. The maximum absolute atomic E-state index is 4.15. The Morgan fingerprint density at radius 2 is 2.54 bits per heavy atom. The number of imidazole rings is 1. The van der Waals surface area contributed by atoms with E-state index < -0.39 is 0 Å². The number of hydrogen-bond acceptors (Lipinski definition) is 3. The minimum atomic E-state index is 0.830. The van der Waals surface area contributed by atoms with Gasteiger partial charge in [-0.3, -0.25) is 0 Å². The molecule has 13 heavy (non-hydrogen) atoms. The summed E-state index contributed by atoms with van der Waals surface area (Å²) >= 11 is 1.71. The maximum Gasteiger partial charge on any atom is 0.200 e. The minimum absolute atomic E-state index is 0.830. The second-order valence-electron chi connectivity index (χ2n) is 2.90. The number of thiophene rings is 1. The second-order valence-corrected chi connectivity index (χ2v) is 3.68. The van der Waals surface area contributed by atoms with Crippen LogP contribution in [0.15, 0.2) is 23.0 Å². The Morgan fingerprint density at radius 3 is 3.15 bits per heavy atom. The molecule has 0 saturated carbocycles. The fourth-order valence-corrected chi connectivity index (χ4v) is 1.75. The van der Waals surface area contributed by atoms with Crippen LogP contribution >= 0.6 is 11.3 Å². The Hall–Kier alpha value is -1.29. The number of aromatic nitrogens is 2. The van der Waals surface area contributed by atoms with Crippen molar-refractivity contribution in [1.82, 2.24) is 9.97 Å². The van der Waals surface area contributed by atoms with Gasteiger partial charge in [-0.25, -0.2) is 4.98 Å². The normalized spacial score (nSPS) is 10.2. The first kappa shape index (κ1) is 8.31. The molecule has 2 aromatic heterocycles. The zero-order chi connectivity index (χ0) is 9.10. The lowest BCUT2D eigenvalue weighted by atomic mass is 10.3. The van der Waals surface area contributed by atoms with Crippen molar-refractivity contribution in [3.63, 3.8) is 0 Å². The summed E-state index contributed by atoms with van der Waals surface area (Å²) in [4.78, 5) is 7.27. The molecular weight excluding hydrogens is 182 g/mol. The Labute approximate surface area is 80.8 Å². The van der Waals surface area contributed by atoms with Gasteiger partial charge in [-0.05, 0) is 29.3 Å². The zero-order valence-electron chi connectivity index (χ0n) is 7.37. The van der Waals surface area contributed by atoms with Gasteiger partial charge >= 0.3 is 0 Å². The van der Waals surface area contributed by atoms with E-state index in [9.17, 15) is 0 Å². The molecule has 0 aliphatic heterocycles. The number of hydrogen-bond donors (Lipinski definition) is 2. The van der Waals surface area contributed by atoms with Gasteiger partial charge in [0.2, 0.25) is 5.95 Å². The van der Waals surface area contributed by atoms with Crippen molar-refractivity contribution in [2.75, 3.05) is 5.32 Å². The van der Waals surface area contributed by atoms with E-state index in [2.05, 4.69) is 32.1 Å². The molecule has 0 fully saturated rings. The summed E-state index contributed by atoms with van der Waals surface area (Å²) in [7, 11) is 0. The predicted octanol–water partition coefficient (Wildman–Crippen LogP) is 2.39. The standard InChI is InChI=1S/C9H11N3S/c1-7-4-10-9(12-7)11-5-8-2-3-13-6-8/h2-4,6H,5H2,1H3,(H2,10,11,12). The first-order valence-electron chi connectivity index (χ1n) is 4.11. The average molecular weight is 193 g/mol. The molecule has 0 radical (unpaired) electrons. The van der Waals surface area contributed by atoms with Crippen LogP contribution in [0, 0.1) is 6.92 Å². The Kier molecular flexibility index (Phi) is 2.31. The van der Waals surface area contributed by atoms with Gasteiger partial charge < -0.3 is 10.3 Å². The molecule has 2 N–H and O–H groups in total. The zero-order valence-corrected chi connectivity index (χ0v) is 8.19. The van der Waals surface area contributed by atoms with Crippen molar-refractivity contribution in [2.45, 2.75) is 13.5 Å². The van der Waals surface area contributed by atoms with Gasteiger partial charge in [0.15, 0.2) is 0 Å². The second kappa shape index (κ2) is 3.62.